The molecule has 0 aliphatic heterocycles. The fourth-order valence-electron chi connectivity index (χ4n) is 1.78. The number of rotatable bonds is 4. The van der Waals surface area contributed by atoms with Gasteiger partial charge in [0, 0.05) is 5.56 Å². The van der Waals surface area contributed by atoms with E-state index in [1.54, 1.807) is 6.07 Å². The summed E-state index contributed by atoms with van der Waals surface area (Å²) in [4.78, 5) is 0. The average Bonchev–Trinajstić information content (AvgIpc) is 2.45. The molecule has 0 spiro atoms. The van der Waals surface area contributed by atoms with Crippen LogP contribution < -0.4 is 10.5 Å². The maximum absolute atomic E-state index is 12.7. The maximum atomic E-state index is 12.7. The molecule has 0 aliphatic rings. The molecule has 2 rings (SSSR count). The molecule has 2 aromatic rings. The summed E-state index contributed by atoms with van der Waals surface area (Å²) in [6.45, 7) is 0.197. The second kappa shape index (κ2) is 7.33. The number of nitrogens with two attached hydrogens (primary N) is 1. The summed E-state index contributed by atoms with van der Waals surface area (Å²) in [5.74, 6) is 0.154. The number of alkyl halides is 3. The van der Waals surface area contributed by atoms with Crippen LogP contribution in [0.2, 0.25) is 0 Å². The van der Waals surface area contributed by atoms with Crippen LogP contribution in [0.4, 0.5) is 13.2 Å². The van der Waals surface area contributed by atoms with Crippen molar-refractivity contribution in [1.29, 1.82) is 0 Å². The Bertz CT molecular complexity index is 560. The highest BCUT2D eigenvalue weighted by atomic mass is 35.5. The minimum atomic E-state index is -4.49. The van der Waals surface area contributed by atoms with Gasteiger partial charge in [-0.3, -0.25) is 0 Å². The summed E-state index contributed by atoms with van der Waals surface area (Å²) < 4.78 is 43.6. The zero-order chi connectivity index (χ0) is 14.6. The van der Waals surface area contributed by atoms with E-state index in [0.29, 0.717) is 0 Å². The Balaban J connectivity index is 0.00000220. The molecular weight excluding hydrogens is 303 g/mol. The molecule has 21 heavy (non-hydrogen) atoms. The highest BCUT2D eigenvalue weighted by molar-refractivity contribution is 5.85. The Morgan fingerprint density at radius 1 is 0.952 bits per heavy atom. The Hall–Kier alpha value is -1.72. The van der Waals surface area contributed by atoms with E-state index in [2.05, 4.69) is 0 Å². The van der Waals surface area contributed by atoms with Gasteiger partial charge in [-0.25, -0.2) is 0 Å². The first kappa shape index (κ1) is 17.3. The smallest absolute Gasteiger partial charge is 0.407 e. The fourth-order valence-corrected chi connectivity index (χ4v) is 1.78. The quantitative estimate of drug-likeness (QED) is 0.915. The van der Waals surface area contributed by atoms with Gasteiger partial charge in [-0.2, -0.15) is 13.2 Å². The summed E-state index contributed by atoms with van der Waals surface area (Å²) >= 11 is 0. The Labute approximate surface area is 127 Å². The third-order valence-electron chi connectivity index (χ3n) is 2.84. The van der Waals surface area contributed by atoms with Crippen molar-refractivity contribution in [3.63, 3.8) is 0 Å². The molecular formula is C15H15ClF3NO. The molecule has 2 N–H and O–H groups in total. The van der Waals surface area contributed by atoms with Gasteiger partial charge in [0.25, 0.3) is 0 Å². The number of hydrogen-bond donors (Lipinski definition) is 1. The summed E-state index contributed by atoms with van der Waals surface area (Å²) in [6, 6.07) is 13.1. The van der Waals surface area contributed by atoms with Crippen LogP contribution in [0.25, 0.3) is 0 Å². The van der Waals surface area contributed by atoms with Crippen LogP contribution in [-0.2, 0) is 6.61 Å². The van der Waals surface area contributed by atoms with Crippen molar-refractivity contribution in [3.8, 4) is 5.75 Å². The van der Waals surface area contributed by atoms with Crippen molar-refractivity contribution in [3.05, 3.63) is 65.7 Å². The van der Waals surface area contributed by atoms with Crippen LogP contribution >= 0.6 is 12.4 Å². The molecule has 0 heterocycles. The normalized spacial score (nSPS) is 12.4. The summed E-state index contributed by atoms with van der Waals surface area (Å²) in [6.07, 6.45) is -4.49. The van der Waals surface area contributed by atoms with Gasteiger partial charge in [-0.05, 0) is 11.6 Å². The fraction of sp³-hybridized carbons (Fsp3) is 0.200. The minimum Gasteiger partial charge on any atom is -0.489 e. The highest BCUT2D eigenvalue weighted by Crippen LogP contribution is 2.35. The molecule has 0 aliphatic carbocycles. The second-order valence-corrected chi connectivity index (χ2v) is 4.33. The predicted molar refractivity (Wildman–Crippen MR) is 77.4 cm³/mol. The van der Waals surface area contributed by atoms with E-state index in [4.69, 9.17) is 10.5 Å². The van der Waals surface area contributed by atoms with Crippen LogP contribution in [0.1, 0.15) is 17.2 Å². The standard InChI is InChI=1S/C15H14F3NO.ClH/c16-15(17,18)14(19)12-8-4-5-9-13(12)20-10-11-6-2-1-3-7-11;/h1-9,14H,10,19H2;1H/t14-;/m0./s1. The summed E-state index contributed by atoms with van der Waals surface area (Å²) in [5, 5.41) is 0. The first-order valence-corrected chi connectivity index (χ1v) is 6.06. The third kappa shape index (κ3) is 4.65. The van der Waals surface area contributed by atoms with Crippen LogP contribution in [0.5, 0.6) is 5.75 Å². The topological polar surface area (TPSA) is 35.2 Å². The Morgan fingerprint density at radius 3 is 2.14 bits per heavy atom. The first-order valence-electron chi connectivity index (χ1n) is 6.06. The summed E-state index contributed by atoms with van der Waals surface area (Å²) in [7, 11) is 0. The molecule has 0 amide bonds. The number of ether oxygens (including phenoxy) is 1. The van der Waals surface area contributed by atoms with Crippen molar-refractivity contribution in [2.24, 2.45) is 5.73 Å². The van der Waals surface area contributed by atoms with Crippen LogP contribution in [0.3, 0.4) is 0 Å². The van der Waals surface area contributed by atoms with Crippen LogP contribution in [0.15, 0.2) is 54.6 Å². The molecule has 114 valence electrons. The molecule has 0 fully saturated rings. The monoisotopic (exact) mass is 317 g/mol. The Kier molecular flexibility index (Phi) is 6.05. The number of hydrogen-bond acceptors (Lipinski definition) is 2. The van der Waals surface area contributed by atoms with E-state index >= 15 is 0 Å². The van der Waals surface area contributed by atoms with Gasteiger partial charge in [-0.15, -0.1) is 12.4 Å². The molecule has 0 unspecified atom stereocenters. The average molecular weight is 318 g/mol. The van der Waals surface area contributed by atoms with Gasteiger partial charge in [-0.1, -0.05) is 48.5 Å². The lowest BCUT2D eigenvalue weighted by Crippen LogP contribution is -2.28. The van der Waals surface area contributed by atoms with Gasteiger partial charge in [0.05, 0.1) is 0 Å². The lowest BCUT2D eigenvalue weighted by molar-refractivity contribution is -0.149. The SMILES string of the molecule is Cl.N[C@@H](c1ccccc1OCc1ccccc1)C(F)(F)F. The summed E-state index contributed by atoms with van der Waals surface area (Å²) in [5.41, 5.74) is 6.06. The van der Waals surface area contributed by atoms with Gasteiger partial charge < -0.3 is 10.5 Å². The Morgan fingerprint density at radius 2 is 1.52 bits per heavy atom. The number of para-hydroxylation sites is 1. The van der Waals surface area contributed by atoms with E-state index in [0.717, 1.165) is 5.56 Å². The lowest BCUT2D eigenvalue weighted by Gasteiger charge is -2.19. The van der Waals surface area contributed by atoms with Crippen molar-refractivity contribution >= 4 is 12.4 Å². The van der Waals surface area contributed by atoms with Crippen LogP contribution in [-0.4, -0.2) is 6.18 Å². The van der Waals surface area contributed by atoms with E-state index in [1.807, 2.05) is 30.3 Å². The second-order valence-electron chi connectivity index (χ2n) is 4.33. The molecule has 0 radical (unpaired) electrons. The zero-order valence-corrected chi connectivity index (χ0v) is 11.8. The van der Waals surface area contributed by atoms with Crippen LogP contribution in [0, 0.1) is 0 Å². The van der Waals surface area contributed by atoms with E-state index in [9.17, 15) is 13.2 Å². The minimum absolute atomic E-state index is 0. The molecule has 0 saturated heterocycles. The van der Waals surface area contributed by atoms with E-state index in [-0.39, 0.29) is 30.3 Å². The third-order valence-corrected chi connectivity index (χ3v) is 2.84. The van der Waals surface area contributed by atoms with E-state index < -0.39 is 12.2 Å². The molecule has 2 nitrogen and oxygen atoms in total. The lowest BCUT2D eigenvalue weighted by atomic mass is 10.1. The molecule has 0 saturated carbocycles. The molecule has 6 heteroatoms. The molecule has 1 atom stereocenters. The molecule has 0 aromatic heterocycles. The van der Waals surface area contributed by atoms with Gasteiger partial charge >= 0.3 is 6.18 Å². The number of halogens is 4. The van der Waals surface area contributed by atoms with Crippen molar-refractivity contribution < 1.29 is 17.9 Å². The zero-order valence-electron chi connectivity index (χ0n) is 11.0. The van der Waals surface area contributed by atoms with E-state index in [1.165, 1.54) is 18.2 Å². The van der Waals surface area contributed by atoms with Gasteiger partial charge in [0.15, 0.2) is 0 Å². The molecule has 0 bridgehead atoms. The van der Waals surface area contributed by atoms with Gasteiger partial charge in [0.2, 0.25) is 0 Å². The number of benzene rings is 2. The van der Waals surface area contributed by atoms with Crippen molar-refractivity contribution in [2.45, 2.75) is 18.8 Å². The largest absolute Gasteiger partial charge is 0.489 e. The highest BCUT2D eigenvalue weighted by Gasteiger charge is 2.39. The van der Waals surface area contributed by atoms with Crippen molar-refractivity contribution in [2.75, 3.05) is 0 Å². The maximum Gasteiger partial charge on any atom is 0.407 e. The predicted octanol–water partition coefficient (Wildman–Crippen LogP) is 4.25. The van der Waals surface area contributed by atoms with Gasteiger partial charge in [0.1, 0.15) is 18.4 Å². The van der Waals surface area contributed by atoms with Crippen molar-refractivity contribution in [1.82, 2.24) is 0 Å². The molecule has 2 aromatic carbocycles. The first-order chi connectivity index (χ1) is 9.48.